The van der Waals surface area contributed by atoms with Crippen molar-refractivity contribution in [3.63, 3.8) is 0 Å². The number of benzene rings is 2. The van der Waals surface area contributed by atoms with Crippen LogP contribution in [0.1, 0.15) is 28.9 Å². The first-order valence-corrected chi connectivity index (χ1v) is 6.78. The molecule has 0 saturated heterocycles. The van der Waals surface area contributed by atoms with Crippen LogP contribution in [0.4, 0.5) is 5.69 Å². The maximum absolute atomic E-state index is 12.2. The number of amides is 1. The van der Waals surface area contributed by atoms with Crippen molar-refractivity contribution in [2.45, 2.75) is 13.0 Å². The molecule has 2 aromatic carbocycles. The monoisotopic (exact) mass is 318 g/mol. The lowest BCUT2D eigenvalue weighted by Gasteiger charge is -2.16. The van der Waals surface area contributed by atoms with Crippen molar-refractivity contribution in [3.8, 4) is 0 Å². The van der Waals surface area contributed by atoms with E-state index in [1.54, 1.807) is 6.07 Å². The molecular formula is C15H15BrN2O. The molecule has 4 heteroatoms. The van der Waals surface area contributed by atoms with E-state index in [0.717, 1.165) is 10.0 Å². The van der Waals surface area contributed by atoms with Gasteiger partial charge >= 0.3 is 0 Å². The van der Waals surface area contributed by atoms with Gasteiger partial charge in [0.2, 0.25) is 0 Å². The second-order valence-corrected chi connectivity index (χ2v) is 5.16. The summed E-state index contributed by atoms with van der Waals surface area (Å²) in [5.41, 5.74) is 8.12. The van der Waals surface area contributed by atoms with Gasteiger partial charge in [0, 0.05) is 10.2 Å². The second-order valence-electron chi connectivity index (χ2n) is 4.30. The smallest absolute Gasteiger partial charge is 0.252 e. The first-order chi connectivity index (χ1) is 9.09. The van der Waals surface area contributed by atoms with Crippen LogP contribution in [-0.2, 0) is 0 Å². The van der Waals surface area contributed by atoms with E-state index < -0.39 is 0 Å². The van der Waals surface area contributed by atoms with Crippen LogP contribution in [0.2, 0.25) is 0 Å². The molecule has 0 aromatic heterocycles. The van der Waals surface area contributed by atoms with Gasteiger partial charge in [-0.25, -0.2) is 0 Å². The Morgan fingerprint density at radius 3 is 2.47 bits per heavy atom. The molecule has 1 unspecified atom stereocenters. The average molecular weight is 319 g/mol. The van der Waals surface area contributed by atoms with Crippen molar-refractivity contribution in [1.82, 2.24) is 5.32 Å². The zero-order valence-corrected chi connectivity index (χ0v) is 12.1. The Kier molecular flexibility index (Phi) is 4.22. The Balaban J connectivity index is 2.16. The number of anilines is 1. The largest absolute Gasteiger partial charge is 0.398 e. The van der Waals surface area contributed by atoms with Crippen LogP contribution in [0.5, 0.6) is 0 Å². The number of halogens is 1. The van der Waals surface area contributed by atoms with Crippen molar-refractivity contribution < 1.29 is 4.79 Å². The third-order valence-corrected chi connectivity index (χ3v) is 3.62. The molecular weight excluding hydrogens is 304 g/mol. The van der Waals surface area contributed by atoms with Gasteiger partial charge in [0.1, 0.15) is 0 Å². The van der Waals surface area contributed by atoms with Gasteiger partial charge in [-0.3, -0.25) is 4.79 Å². The van der Waals surface area contributed by atoms with Crippen LogP contribution in [-0.4, -0.2) is 5.91 Å². The van der Waals surface area contributed by atoms with E-state index in [9.17, 15) is 4.79 Å². The number of carbonyl (C=O) groups is 1. The number of nitrogen functional groups attached to an aromatic ring is 1. The zero-order valence-electron chi connectivity index (χ0n) is 10.6. The Labute approximate surface area is 121 Å². The van der Waals surface area contributed by atoms with Crippen LogP contribution in [0.25, 0.3) is 0 Å². The van der Waals surface area contributed by atoms with Crippen LogP contribution >= 0.6 is 15.9 Å². The highest BCUT2D eigenvalue weighted by Crippen LogP contribution is 2.21. The van der Waals surface area contributed by atoms with Crippen LogP contribution < -0.4 is 11.1 Å². The molecule has 0 spiro atoms. The van der Waals surface area contributed by atoms with E-state index in [-0.39, 0.29) is 11.9 Å². The van der Waals surface area contributed by atoms with Crippen molar-refractivity contribution in [1.29, 1.82) is 0 Å². The third-order valence-electron chi connectivity index (χ3n) is 2.93. The topological polar surface area (TPSA) is 55.1 Å². The summed E-state index contributed by atoms with van der Waals surface area (Å²) in [7, 11) is 0. The fraction of sp³-hybridized carbons (Fsp3) is 0.133. The molecule has 0 radical (unpaired) electrons. The Morgan fingerprint density at radius 1 is 1.16 bits per heavy atom. The first kappa shape index (κ1) is 13.6. The average Bonchev–Trinajstić information content (AvgIpc) is 2.39. The fourth-order valence-corrected chi connectivity index (χ4v) is 2.37. The molecule has 0 bridgehead atoms. The molecule has 1 amide bonds. The zero-order chi connectivity index (χ0) is 13.8. The molecule has 3 nitrogen and oxygen atoms in total. The Morgan fingerprint density at radius 2 is 1.79 bits per heavy atom. The first-order valence-electron chi connectivity index (χ1n) is 5.99. The third kappa shape index (κ3) is 3.15. The molecule has 0 fully saturated rings. The van der Waals surface area contributed by atoms with Crippen LogP contribution in [0.3, 0.4) is 0 Å². The van der Waals surface area contributed by atoms with Gasteiger partial charge in [0.05, 0.1) is 11.6 Å². The van der Waals surface area contributed by atoms with E-state index in [1.807, 2.05) is 49.4 Å². The molecule has 0 aliphatic heterocycles. The molecule has 0 aliphatic carbocycles. The highest BCUT2D eigenvalue weighted by molar-refractivity contribution is 9.10. The summed E-state index contributed by atoms with van der Waals surface area (Å²) < 4.78 is 0.778. The number of nitrogens with two attached hydrogens (primary N) is 1. The minimum atomic E-state index is -0.138. The van der Waals surface area contributed by atoms with Gasteiger partial charge in [0.15, 0.2) is 0 Å². The minimum absolute atomic E-state index is 0.122. The van der Waals surface area contributed by atoms with Gasteiger partial charge in [-0.05, 0) is 46.6 Å². The van der Waals surface area contributed by atoms with E-state index in [1.165, 1.54) is 0 Å². The highest BCUT2D eigenvalue weighted by Gasteiger charge is 2.14. The summed E-state index contributed by atoms with van der Waals surface area (Å²) in [4.78, 5) is 12.2. The summed E-state index contributed by atoms with van der Waals surface area (Å²) in [6.07, 6.45) is 0. The SMILES string of the molecule is CC(NC(=O)c1ccccc1Br)c1ccccc1N. The van der Waals surface area contributed by atoms with Crippen LogP contribution in [0, 0.1) is 0 Å². The lowest BCUT2D eigenvalue weighted by Crippen LogP contribution is -2.27. The second kappa shape index (κ2) is 5.89. The van der Waals surface area contributed by atoms with Crippen molar-refractivity contribution in [2.24, 2.45) is 0 Å². The lowest BCUT2D eigenvalue weighted by atomic mass is 10.1. The molecule has 0 aliphatic rings. The number of hydrogen-bond donors (Lipinski definition) is 2. The van der Waals surface area contributed by atoms with Gasteiger partial charge in [-0.2, -0.15) is 0 Å². The van der Waals surface area contributed by atoms with Crippen molar-refractivity contribution in [2.75, 3.05) is 5.73 Å². The molecule has 19 heavy (non-hydrogen) atoms. The number of para-hydroxylation sites is 1. The molecule has 3 N–H and O–H groups in total. The van der Waals surface area contributed by atoms with Crippen molar-refractivity contribution in [3.05, 3.63) is 64.1 Å². The standard InChI is InChI=1S/C15H15BrN2O/c1-10(11-6-3-5-9-14(11)17)18-15(19)12-7-2-4-8-13(12)16/h2-10H,17H2,1H3,(H,18,19). The summed E-state index contributed by atoms with van der Waals surface area (Å²) in [6, 6.07) is 14.7. The van der Waals surface area contributed by atoms with E-state index in [0.29, 0.717) is 11.3 Å². The van der Waals surface area contributed by atoms with E-state index in [4.69, 9.17) is 5.73 Å². The molecule has 1 atom stereocenters. The summed E-state index contributed by atoms with van der Waals surface area (Å²) in [5.74, 6) is -0.122. The van der Waals surface area contributed by atoms with Crippen LogP contribution in [0.15, 0.2) is 53.0 Å². The summed E-state index contributed by atoms with van der Waals surface area (Å²) in [6.45, 7) is 1.92. The van der Waals surface area contributed by atoms with E-state index >= 15 is 0 Å². The maximum atomic E-state index is 12.2. The fourth-order valence-electron chi connectivity index (χ4n) is 1.90. The summed E-state index contributed by atoms with van der Waals surface area (Å²) in [5, 5.41) is 2.95. The van der Waals surface area contributed by atoms with E-state index in [2.05, 4.69) is 21.2 Å². The highest BCUT2D eigenvalue weighted by atomic mass is 79.9. The minimum Gasteiger partial charge on any atom is -0.398 e. The number of carbonyl (C=O) groups excluding carboxylic acids is 1. The normalized spacial score (nSPS) is 11.9. The van der Waals surface area contributed by atoms with Gasteiger partial charge < -0.3 is 11.1 Å². The van der Waals surface area contributed by atoms with Gasteiger partial charge in [-0.1, -0.05) is 30.3 Å². The maximum Gasteiger partial charge on any atom is 0.252 e. The lowest BCUT2D eigenvalue weighted by molar-refractivity contribution is 0.0939. The number of nitrogens with one attached hydrogen (secondary N) is 1. The number of hydrogen-bond acceptors (Lipinski definition) is 2. The Hall–Kier alpha value is -1.81. The summed E-state index contributed by atoms with van der Waals surface area (Å²) >= 11 is 3.37. The van der Waals surface area contributed by atoms with Gasteiger partial charge in [0.25, 0.3) is 5.91 Å². The molecule has 0 saturated carbocycles. The predicted octanol–water partition coefficient (Wildman–Crippen LogP) is 3.52. The molecule has 2 aromatic rings. The molecule has 0 heterocycles. The Bertz CT molecular complexity index is 598. The quantitative estimate of drug-likeness (QED) is 0.851. The molecule has 98 valence electrons. The van der Waals surface area contributed by atoms with Crippen molar-refractivity contribution >= 4 is 27.5 Å². The molecule has 2 rings (SSSR count). The number of rotatable bonds is 3. The predicted molar refractivity (Wildman–Crippen MR) is 80.9 cm³/mol. The van der Waals surface area contributed by atoms with Gasteiger partial charge in [-0.15, -0.1) is 0 Å².